The van der Waals surface area contributed by atoms with Crippen LogP contribution in [-0.2, 0) is 0 Å². The Morgan fingerprint density at radius 3 is 3.00 bits per heavy atom. The van der Waals surface area contributed by atoms with E-state index in [0.717, 1.165) is 31.0 Å². The number of likely N-dealkylation sites (N-methyl/N-ethyl adjacent to an activating group) is 1. The molecule has 1 unspecified atom stereocenters. The second kappa shape index (κ2) is 4.50. The summed E-state index contributed by atoms with van der Waals surface area (Å²) in [6.45, 7) is 3.90. The second-order valence-electron chi connectivity index (χ2n) is 4.19. The van der Waals surface area contributed by atoms with E-state index >= 15 is 0 Å². The molecule has 1 aliphatic rings. The Labute approximate surface area is 95.9 Å². The van der Waals surface area contributed by atoms with E-state index < -0.39 is 0 Å². The van der Waals surface area contributed by atoms with Crippen molar-refractivity contribution in [1.82, 2.24) is 10.3 Å². The smallest absolute Gasteiger partial charge is 0.130 e. The summed E-state index contributed by atoms with van der Waals surface area (Å²) in [6, 6.07) is 6.39. The first-order valence-corrected chi connectivity index (χ1v) is 5.54. The molecule has 4 heteroatoms. The van der Waals surface area contributed by atoms with Gasteiger partial charge in [0.15, 0.2) is 0 Å². The Morgan fingerprint density at radius 1 is 1.56 bits per heavy atom. The van der Waals surface area contributed by atoms with Gasteiger partial charge in [-0.15, -0.1) is 0 Å². The number of hydrogen-bond donors (Lipinski definition) is 1. The molecular formula is C12H16N4. The molecule has 2 rings (SSSR count). The van der Waals surface area contributed by atoms with Crippen LogP contribution in [0.1, 0.15) is 17.7 Å². The molecule has 1 aromatic rings. The second-order valence-corrected chi connectivity index (χ2v) is 4.19. The van der Waals surface area contributed by atoms with Crippen molar-refractivity contribution >= 4 is 5.82 Å². The van der Waals surface area contributed by atoms with Crippen LogP contribution >= 0.6 is 0 Å². The molecule has 0 saturated carbocycles. The van der Waals surface area contributed by atoms with Gasteiger partial charge in [0, 0.05) is 24.8 Å². The first-order valence-electron chi connectivity index (χ1n) is 5.54. The minimum absolute atomic E-state index is 0.535. The molecule has 16 heavy (non-hydrogen) atoms. The highest BCUT2D eigenvalue weighted by Gasteiger charge is 2.22. The fourth-order valence-electron chi connectivity index (χ4n) is 2.08. The Bertz CT molecular complexity index is 422. The minimum atomic E-state index is 0.535. The van der Waals surface area contributed by atoms with Crippen LogP contribution in [0, 0.1) is 18.3 Å². The lowest BCUT2D eigenvalue weighted by molar-refractivity contribution is 0.616. The molecule has 1 N–H and O–H groups in total. The average Bonchev–Trinajstić information content (AvgIpc) is 2.76. The number of rotatable bonds is 2. The lowest BCUT2D eigenvalue weighted by atomic mass is 10.2. The highest BCUT2D eigenvalue weighted by molar-refractivity contribution is 5.47. The predicted octanol–water partition coefficient (Wildman–Crippen LogP) is 1.06. The number of aryl methyl sites for hydroxylation is 1. The van der Waals surface area contributed by atoms with Gasteiger partial charge in [-0.1, -0.05) is 0 Å². The van der Waals surface area contributed by atoms with Gasteiger partial charge in [0.1, 0.15) is 5.82 Å². The van der Waals surface area contributed by atoms with Crippen molar-refractivity contribution in [3.05, 3.63) is 23.4 Å². The number of anilines is 1. The lowest BCUT2D eigenvalue weighted by Crippen LogP contribution is -2.29. The third kappa shape index (κ3) is 2.15. The maximum atomic E-state index is 8.92. The van der Waals surface area contributed by atoms with Crippen molar-refractivity contribution < 1.29 is 0 Å². The standard InChI is InChI=1S/C12H16N4/c1-9-5-10(7-13)6-12(15-9)16-4-3-11(8-16)14-2/h5-6,11,14H,3-4,8H2,1-2H3. The van der Waals surface area contributed by atoms with E-state index in [1.165, 1.54) is 0 Å². The van der Waals surface area contributed by atoms with Crippen molar-refractivity contribution in [2.24, 2.45) is 0 Å². The van der Waals surface area contributed by atoms with E-state index in [1.54, 1.807) is 0 Å². The first-order chi connectivity index (χ1) is 7.72. The van der Waals surface area contributed by atoms with E-state index in [-0.39, 0.29) is 0 Å². The summed E-state index contributed by atoms with van der Waals surface area (Å²) in [4.78, 5) is 6.71. The van der Waals surface area contributed by atoms with Crippen LogP contribution < -0.4 is 10.2 Å². The van der Waals surface area contributed by atoms with Crippen molar-refractivity contribution in [2.45, 2.75) is 19.4 Å². The van der Waals surface area contributed by atoms with Gasteiger partial charge < -0.3 is 10.2 Å². The fraction of sp³-hybridized carbons (Fsp3) is 0.500. The predicted molar refractivity (Wildman–Crippen MR) is 63.4 cm³/mol. The Morgan fingerprint density at radius 2 is 2.38 bits per heavy atom. The molecule has 0 aromatic carbocycles. The zero-order valence-electron chi connectivity index (χ0n) is 9.70. The summed E-state index contributed by atoms with van der Waals surface area (Å²) < 4.78 is 0. The van der Waals surface area contributed by atoms with Crippen LogP contribution in [0.15, 0.2) is 12.1 Å². The van der Waals surface area contributed by atoms with Gasteiger partial charge in [-0.25, -0.2) is 4.98 Å². The number of hydrogen-bond acceptors (Lipinski definition) is 4. The highest BCUT2D eigenvalue weighted by atomic mass is 15.2. The van der Waals surface area contributed by atoms with Crippen molar-refractivity contribution in [2.75, 3.05) is 25.0 Å². The average molecular weight is 216 g/mol. The van der Waals surface area contributed by atoms with E-state index in [9.17, 15) is 0 Å². The quantitative estimate of drug-likeness (QED) is 0.803. The fourth-order valence-corrected chi connectivity index (χ4v) is 2.08. The van der Waals surface area contributed by atoms with E-state index in [2.05, 4.69) is 21.3 Å². The van der Waals surface area contributed by atoms with Gasteiger partial charge in [-0.05, 0) is 32.5 Å². The van der Waals surface area contributed by atoms with E-state index in [1.807, 2.05) is 26.1 Å². The lowest BCUT2D eigenvalue weighted by Gasteiger charge is -2.18. The Kier molecular flexibility index (Phi) is 3.07. The summed E-state index contributed by atoms with van der Waals surface area (Å²) in [5.74, 6) is 0.925. The molecule has 0 bridgehead atoms. The van der Waals surface area contributed by atoms with Crippen molar-refractivity contribution in [3.8, 4) is 6.07 Å². The molecule has 0 radical (unpaired) electrons. The monoisotopic (exact) mass is 216 g/mol. The minimum Gasteiger partial charge on any atom is -0.355 e. The van der Waals surface area contributed by atoms with Crippen LogP contribution in [0.4, 0.5) is 5.82 Å². The van der Waals surface area contributed by atoms with Gasteiger partial charge in [0.05, 0.1) is 11.6 Å². The van der Waals surface area contributed by atoms with Crippen LogP contribution in [0.2, 0.25) is 0 Å². The van der Waals surface area contributed by atoms with Crippen molar-refractivity contribution in [1.29, 1.82) is 5.26 Å². The zero-order chi connectivity index (χ0) is 11.5. The van der Waals surface area contributed by atoms with Gasteiger partial charge in [-0.3, -0.25) is 0 Å². The zero-order valence-corrected chi connectivity index (χ0v) is 9.70. The maximum Gasteiger partial charge on any atom is 0.130 e. The summed E-state index contributed by atoms with van der Waals surface area (Å²) in [7, 11) is 1.98. The molecule has 2 heterocycles. The Balaban J connectivity index is 2.21. The number of nitrogens with zero attached hydrogens (tertiary/aromatic N) is 3. The molecule has 1 saturated heterocycles. The first kappa shape index (κ1) is 10.9. The molecule has 1 aliphatic heterocycles. The summed E-state index contributed by atoms with van der Waals surface area (Å²) in [6.07, 6.45) is 1.13. The van der Waals surface area contributed by atoms with Crippen LogP contribution in [-0.4, -0.2) is 31.2 Å². The van der Waals surface area contributed by atoms with Crippen LogP contribution in [0.25, 0.3) is 0 Å². The van der Waals surface area contributed by atoms with Crippen LogP contribution in [0.3, 0.4) is 0 Å². The number of nitriles is 1. The third-order valence-corrected chi connectivity index (χ3v) is 2.99. The molecule has 1 aromatic heterocycles. The molecular weight excluding hydrogens is 200 g/mol. The van der Waals surface area contributed by atoms with Gasteiger partial charge in [-0.2, -0.15) is 5.26 Å². The van der Waals surface area contributed by atoms with Gasteiger partial charge in [0.2, 0.25) is 0 Å². The molecule has 1 fully saturated rings. The molecule has 0 aliphatic carbocycles. The highest BCUT2D eigenvalue weighted by Crippen LogP contribution is 2.19. The number of aromatic nitrogens is 1. The molecule has 84 valence electrons. The van der Waals surface area contributed by atoms with Gasteiger partial charge in [0.25, 0.3) is 0 Å². The summed E-state index contributed by atoms with van der Waals surface area (Å²) in [5.41, 5.74) is 1.59. The topological polar surface area (TPSA) is 52.0 Å². The number of pyridine rings is 1. The normalized spacial score (nSPS) is 19.8. The molecule has 4 nitrogen and oxygen atoms in total. The van der Waals surface area contributed by atoms with E-state index in [0.29, 0.717) is 11.6 Å². The third-order valence-electron chi connectivity index (χ3n) is 2.99. The molecule has 0 amide bonds. The largest absolute Gasteiger partial charge is 0.355 e. The Hall–Kier alpha value is -1.60. The maximum absolute atomic E-state index is 8.92. The SMILES string of the molecule is CNC1CCN(c2cc(C#N)cc(C)n2)C1. The number of nitrogens with one attached hydrogen (secondary N) is 1. The summed E-state index contributed by atoms with van der Waals surface area (Å²) >= 11 is 0. The molecule has 1 atom stereocenters. The van der Waals surface area contributed by atoms with E-state index in [4.69, 9.17) is 5.26 Å². The summed E-state index contributed by atoms with van der Waals surface area (Å²) in [5, 5.41) is 12.2. The molecule has 0 spiro atoms. The van der Waals surface area contributed by atoms with Crippen LogP contribution in [0.5, 0.6) is 0 Å². The van der Waals surface area contributed by atoms with Crippen molar-refractivity contribution in [3.63, 3.8) is 0 Å². The van der Waals surface area contributed by atoms with Gasteiger partial charge >= 0.3 is 0 Å².